The first kappa shape index (κ1) is 20.9. The van der Waals surface area contributed by atoms with Gasteiger partial charge in [0.2, 0.25) is 5.88 Å². The third kappa shape index (κ3) is 6.34. The van der Waals surface area contributed by atoms with Gasteiger partial charge in [0.1, 0.15) is 24.0 Å². The maximum atomic E-state index is 12.0. The summed E-state index contributed by atoms with van der Waals surface area (Å²) in [5.41, 5.74) is 2.34. The Labute approximate surface area is 172 Å². The van der Waals surface area contributed by atoms with E-state index in [1.165, 1.54) is 24.8 Å². The molecule has 0 spiro atoms. The van der Waals surface area contributed by atoms with E-state index >= 15 is 0 Å². The fourth-order valence-electron chi connectivity index (χ4n) is 3.23. The summed E-state index contributed by atoms with van der Waals surface area (Å²) in [5.74, 6) is 2.66. The number of nitrogens with zero attached hydrogens (tertiary/aromatic N) is 3. The van der Waals surface area contributed by atoms with Crippen molar-refractivity contribution >= 4 is 11.7 Å². The molecule has 156 valence electrons. The van der Waals surface area contributed by atoms with E-state index in [1.54, 1.807) is 0 Å². The van der Waals surface area contributed by atoms with Gasteiger partial charge in [-0.15, -0.1) is 0 Å². The Morgan fingerprint density at radius 3 is 2.59 bits per heavy atom. The number of piperidine rings is 1. The smallest absolute Gasteiger partial charge is 0.258 e. The molecule has 0 unspecified atom stereocenters. The molecule has 0 radical (unpaired) electrons. The summed E-state index contributed by atoms with van der Waals surface area (Å²) in [7, 11) is 0. The van der Waals surface area contributed by atoms with Gasteiger partial charge in [0.05, 0.1) is 6.54 Å². The molecule has 2 heterocycles. The van der Waals surface area contributed by atoms with Crippen molar-refractivity contribution in [2.45, 2.75) is 40.0 Å². The number of rotatable bonds is 8. The maximum Gasteiger partial charge on any atom is 0.258 e. The molecule has 3 rings (SSSR count). The number of aryl methyl sites for hydroxylation is 3. The number of nitrogens with one attached hydrogen (secondary N) is 1. The van der Waals surface area contributed by atoms with E-state index in [-0.39, 0.29) is 12.5 Å². The monoisotopic (exact) mass is 398 g/mol. The van der Waals surface area contributed by atoms with Gasteiger partial charge in [-0.2, -0.15) is 4.98 Å². The molecule has 7 nitrogen and oxygen atoms in total. The summed E-state index contributed by atoms with van der Waals surface area (Å²) >= 11 is 0. The zero-order chi connectivity index (χ0) is 20.6. The first-order chi connectivity index (χ1) is 14.0. The minimum absolute atomic E-state index is 0.0196. The quantitative estimate of drug-likeness (QED) is 0.689. The lowest BCUT2D eigenvalue weighted by Gasteiger charge is -2.28. The standard InChI is InChI=1S/C22H30N4O3/c1-16-7-8-19(13-17(16)2)29-15-21(27)23-9-12-28-22-14-20(24-18(3)25-22)26-10-5-4-6-11-26/h7-8,13-14H,4-6,9-12,15H2,1-3H3,(H,23,27). The SMILES string of the molecule is Cc1nc(OCCNC(=O)COc2ccc(C)c(C)c2)cc(N2CCCCC2)n1. The largest absolute Gasteiger partial charge is 0.484 e. The molecule has 2 aromatic rings. The predicted molar refractivity (Wildman–Crippen MR) is 113 cm³/mol. The highest BCUT2D eigenvalue weighted by Gasteiger charge is 2.14. The first-order valence-corrected chi connectivity index (χ1v) is 10.2. The second-order valence-corrected chi connectivity index (χ2v) is 7.39. The summed E-state index contributed by atoms with van der Waals surface area (Å²) < 4.78 is 11.3. The summed E-state index contributed by atoms with van der Waals surface area (Å²) in [4.78, 5) is 23.1. The van der Waals surface area contributed by atoms with E-state index < -0.39 is 0 Å². The van der Waals surface area contributed by atoms with Crippen LogP contribution in [0.3, 0.4) is 0 Å². The Kier molecular flexibility index (Phi) is 7.27. The lowest BCUT2D eigenvalue weighted by atomic mass is 10.1. The Balaban J connectivity index is 1.41. The second kappa shape index (κ2) is 10.1. The van der Waals surface area contributed by atoms with Crippen molar-refractivity contribution in [2.75, 3.05) is 37.7 Å². The molecular formula is C22H30N4O3. The zero-order valence-corrected chi connectivity index (χ0v) is 17.5. The summed E-state index contributed by atoms with van der Waals surface area (Å²) in [6.07, 6.45) is 3.65. The van der Waals surface area contributed by atoms with E-state index in [2.05, 4.69) is 20.2 Å². The van der Waals surface area contributed by atoms with Crippen LogP contribution < -0.4 is 19.7 Å². The van der Waals surface area contributed by atoms with Gasteiger partial charge >= 0.3 is 0 Å². The number of carbonyl (C=O) groups excluding carboxylic acids is 1. The molecule has 1 aliphatic rings. The molecule has 0 bridgehead atoms. The molecule has 7 heteroatoms. The van der Waals surface area contributed by atoms with Crippen LogP contribution in [0.1, 0.15) is 36.2 Å². The Bertz CT molecular complexity index is 835. The number of amides is 1. The zero-order valence-electron chi connectivity index (χ0n) is 17.5. The Morgan fingerprint density at radius 2 is 1.83 bits per heavy atom. The second-order valence-electron chi connectivity index (χ2n) is 7.39. The molecule has 1 aromatic carbocycles. The van der Waals surface area contributed by atoms with Gasteiger partial charge < -0.3 is 19.7 Å². The molecule has 1 N–H and O–H groups in total. The maximum absolute atomic E-state index is 12.0. The fraction of sp³-hybridized carbons (Fsp3) is 0.500. The summed E-state index contributed by atoms with van der Waals surface area (Å²) in [6, 6.07) is 7.67. The molecule has 1 aliphatic heterocycles. The van der Waals surface area contributed by atoms with Crippen molar-refractivity contribution in [3.05, 3.63) is 41.2 Å². The molecule has 1 fully saturated rings. The number of hydrogen-bond donors (Lipinski definition) is 1. The van der Waals surface area contributed by atoms with Gasteiger partial charge in [-0.1, -0.05) is 6.07 Å². The van der Waals surface area contributed by atoms with Gasteiger partial charge in [0.25, 0.3) is 5.91 Å². The van der Waals surface area contributed by atoms with Crippen molar-refractivity contribution in [2.24, 2.45) is 0 Å². The number of aromatic nitrogens is 2. The normalized spacial score (nSPS) is 13.8. The van der Waals surface area contributed by atoms with E-state index in [0.717, 1.165) is 24.5 Å². The molecule has 1 amide bonds. The van der Waals surface area contributed by atoms with Crippen molar-refractivity contribution in [3.63, 3.8) is 0 Å². The fourth-order valence-corrected chi connectivity index (χ4v) is 3.23. The minimum Gasteiger partial charge on any atom is -0.484 e. The van der Waals surface area contributed by atoms with Gasteiger partial charge in [0, 0.05) is 19.2 Å². The van der Waals surface area contributed by atoms with Crippen LogP contribution in [0.25, 0.3) is 0 Å². The molecule has 0 saturated carbocycles. The first-order valence-electron chi connectivity index (χ1n) is 10.2. The van der Waals surface area contributed by atoms with Crippen LogP contribution >= 0.6 is 0 Å². The molecule has 1 aromatic heterocycles. The third-order valence-corrected chi connectivity index (χ3v) is 5.00. The molecule has 0 atom stereocenters. The van der Waals surface area contributed by atoms with Crippen LogP contribution in [0.15, 0.2) is 24.3 Å². The molecule has 29 heavy (non-hydrogen) atoms. The summed E-state index contributed by atoms with van der Waals surface area (Å²) in [6.45, 7) is 8.67. The highest BCUT2D eigenvalue weighted by atomic mass is 16.5. The predicted octanol–water partition coefficient (Wildman–Crippen LogP) is 2.97. The van der Waals surface area contributed by atoms with Crippen LogP contribution in [0, 0.1) is 20.8 Å². The summed E-state index contributed by atoms with van der Waals surface area (Å²) in [5, 5.41) is 2.80. The number of anilines is 1. The number of hydrogen-bond acceptors (Lipinski definition) is 6. The Morgan fingerprint density at radius 1 is 1.03 bits per heavy atom. The highest BCUT2D eigenvalue weighted by molar-refractivity contribution is 5.77. The van der Waals surface area contributed by atoms with Crippen LogP contribution in [-0.2, 0) is 4.79 Å². The number of carbonyl (C=O) groups is 1. The molecule has 0 aliphatic carbocycles. The van der Waals surface area contributed by atoms with Crippen LogP contribution in [-0.4, -0.2) is 48.7 Å². The number of benzene rings is 1. The van der Waals surface area contributed by atoms with Crippen molar-refractivity contribution in [1.82, 2.24) is 15.3 Å². The molecular weight excluding hydrogens is 368 g/mol. The van der Waals surface area contributed by atoms with Gasteiger partial charge in [0.15, 0.2) is 6.61 Å². The average Bonchev–Trinajstić information content (AvgIpc) is 2.72. The van der Waals surface area contributed by atoms with Crippen LogP contribution in [0.4, 0.5) is 5.82 Å². The van der Waals surface area contributed by atoms with Crippen molar-refractivity contribution in [3.8, 4) is 11.6 Å². The van der Waals surface area contributed by atoms with Gasteiger partial charge in [-0.05, 0) is 63.3 Å². The van der Waals surface area contributed by atoms with Crippen molar-refractivity contribution < 1.29 is 14.3 Å². The van der Waals surface area contributed by atoms with Gasteiger partial charge in [-0.25, -0.2) is 4.98 Å². The van der Waals surface area contributed by atoms with Crippen molar-refractivity contribution in [1.29, 1.82) is 0 Å². The average molecular weight is 399 g/mol. The highest BCUT2D eigenvalue weighted by Crippen LogP contribution is 2.21. The van der Waals surface area contributed by atoms with Gasteiger partial charge in [-0.3, -0.25) is 4.79 Å². The van der Waals surface area contributed by atoms with Crippen LogP contribution in [0.2, 0.25) is 0 Å². The third-order valence-electron chi connectivity index (χ3n) is 5.00. The Hall–Kier alpha value is -2.83. The van der Waals surface area contributed by atoms with E-state index in [9.17, 15) is 4.79 Å². The number of ether oxygens (including phenoxy) is 2. The van der Waals surface area contributed by atoms with Crippen LogP contribution in [0.5, 0.6) is 11.6 Å². The lowest BCUT2D eigenvalue weighted by Crippen LogP contribution is -2.32. The van der Waals surface area contributed by atoms with E-state index in [1.807, 2.05) is 45.0 Å². The lowest BCUT2D eigenvalue weighted by molar-refractivity contribution is -0.123. The van der Waals surface area contributed by atoms with E-state index in [4.69, 9.17) is 9.47 Å². The topological polar surface area (TPSA) is 76.6 Å². The minimum atomic E-state index is -0.181. The molecule has 1 saturated heterocycles. The van der Waals surface area contributed by atoms with E-state index in [0.29, 0.717) is 30.6 Å².